The lowest BCUT2D eigenvalue weighted by atomic mass is 10.1. The van der Waals surface area contributed by atoms with Crippen LogP contribution in [0.25, 0.3) is 11.0 Å². The Kier molecular flexibility index (Phi) is 4.15. The van der Waals surface area contributed by atoms with E-state index in [1.807, 2.05) is 47.4 Å². The van der Waals surface area contributed by atoms with Gasteiger partial charge in [0.2, 0.25) is 5.91 Å². The fourth-order valence-electron chi connectivity index (χ4n) is 4.14. The van der Waals surface area contributed by atoms with Crippen molar-refractivity contribution in [1.82, 2.24) is 9.80 Å². The number of nitrogens with zero attached hydrogens (tertiary/aromatic N) is 2. The van der Waals surface area contributed by atoms with Gasteiger partial charge in [0.15, 0.2) is 5.76 Å². The van der Waals surface area contributed by atoms with Gasteiger partial charge < -0.3 is 14.2 Å². The van der Waals surface area contributed by atoms with Crippen LogP contribution in [0.2, 0.25) is 0 Å². The zero-order valence-corrected chi connectivity index (χ0v) is 15.6. The van der Waals surface area contributed by atoms with Gasteiger partial charge in [-0.05, 0) is 30.0 Å². The average Bonchev–Trinajstić information content (AvgIpc) is 3.44. The number of hydrogen-bond donors (Lipinski definition) is 0. The smallest absolute Gasteiger partial charge is 0.289 e. The van der Waals surface area contributed by atoms with Crippen molar-refractivity contribution in [2.45, 2.75) is 12.3 Å². The molecule has 1 saturated carbocycles. The molecule has 142 valence electrons. The van der Waals surface area contributed by atoms with Gasteiger partial charge in [-0.3, -0.25) is 9.59 Å². The van der Waals surface area contributed by atoms with E-state index in [9.17, 15) is 9.59 Å². The molecule has 1 aliphatic carbocycles. The molecule has 0 bridgehead atoms. The first kappa shape index (κ1) is 17.0. The maximum Gasteiger partial charge on any atom is 0.289 e. The summed E-state index contributed by atoms with van der Waals surface area (Å²) in [5.74, 6) is 0.942. The molecule has 0 N–H and O–H groups in total. The maximum atomic E-state index is 12.8. The van der Waals surface area contributed by atoms with Crippen LogP contribution in [0, 0.1) is 5.92 Å². The molecule has 2 heterocycles. The van der Waals surface area contributed by atoms with Crippen molar-refractivity contribution in [2.75, 3.05) is 26.2 Å². The number of amides is 2. The highest BCUT2D eigenvalue weighted by Crippen LogP contribution is 2.48. The molecule has 28 heavy (non-hydrogen) atoms. The SMILES string of the molecule is O=C(c1cc2ccccc2o1)N1CCN(C(=O)[C@H]2C[C@H]2c2ccccc2)CC1. The molecular weight excluding hydrogens is 352 g/mol. The molecule has 3 aromatic rings. The predicted octanol–water partition coefficient (Wildman–Crippen LogP) is 3.52. The highest BCUT2D eigenvalue weighted by Gasteiger charge is 2.46. The van der Waals surface area contributed by atoms with Crippen LogP contribution in [-0.2, 0) is 4.79 Å². The first-order valence-corrected chi connectivity index (χ1v) is 9.82. The van der Waals surface area contributed by atoms with E-state index in [2.05, 4.69) is 12.1 Å². The average molecular weight is 374 g/mol. The molecule has 5 nitrogen and oxygen atoms in total. The largest absolute Gasteiger partial charge is 0.451 e. The van der Waals surface area contributed by atoms with Gasteiger partial charge in [-0.1, -0.05) is 48.5 Å². The lowest BCUT2D eigenvalue weighted by Gasteiger charge is -2.34. The van der Waals surface area contributed by atoms with Crippen molar-refractivity contribution in [3.8, 4) is 0 Å². The lowest BCUT2D eigenvalue weighted by molar-refractivity contribution is -0.134. The van der Waals surface area contributed by atoms with E-state index >= 15 is 0 Å². The highest BCUT2D eigenvalue weighted by molar-refractivity contribution is 5.96. The molecule has 1 aromatic heterocycles. The summed E-state index contributed by atoms with van der Waals surface area (Å²) in [6, 6.07) is 19.7. The Morgan fingerprint density at radius 2 is 1.54 bits per heavy atom. The number of para-hydroxylation sites is 1. The number of rotatable bonds is 3. The summed E-state index contributed by atoms with van der Waals surface area (Å²) in [5, 5.41) is 0.931. The molecular formula is C23H22N2O3. The maximum absolute atomic E-state index is 12.8. The number of piperazine rings is 1. The molecule has 1 aliphatic heterocycles. The number of carbonyl (C=O) groups is 2. The van der Waals surface area contributed by atoms with Gasteiger partial charge in [0.25, 0.3) is 5.91 Å². The normalized spacial score (nSPS) is 21.7. The molecule has 1 saturated heterocycles. The zero-order valence-electron chi connectivity index (χ0n) is 15.6. The van der Waals surface area contributed by atoms with Crippen molar-refractivity contribution in [3.05, 3.63) is 72.0 Å². The first-order valence-electron chi connectivity index (χ1n) is 9.82. The predicted molar refractivity (Wildman–Crippen MR) is 106 cm³/mol. The van der Waals surface area contributed by atoms with Gasteiger partial charge in [0.05, 0.1) is 0 Å². The topological polar surface area (TPSA) is 53.8 Å². The van der Waals surface area contributed by atoms with Crippen LogP contribution in [0.5, 0.6) is 0 Å². The Balaban J connectivity index is 1.19. The minimum Gasteiger partial charge on any atom is -0.451 e. The van der Waals surface area contributed by atoms with Crippen LogP contribution in [0.3, 0.4) is 0 Å². The Labute approximate surface area is 163 Å². The number of furan rings is 1. The molecule has 5 rings (SSSR count). The minimum absolute atomic E-state index is 0.0972. The second-order valence-electron chi connectivity index (χ2n) is 7.63. The van der Waals surface area contributed by atoms with E-state index in [0.29, 0.717) is 37.9 Å². The van der Waals surface area contributed by atoms with Crippen LogP contribution in [-0.4, -0.2) is 47.8 Å². The Hall–Kier alpha value is -3.08. The van der Waals surface area contributed by atoms with Gasteiger partial charge in [-0.15, -0.1) is 0 Å². The van der Waals surface area contributed by atoms with Crippen LogP contribution < -0.4 is 0 Å². The Bertz CT molecular complexity index is 986. The summed E-state index contributed by atoms with van der Waals surface area (Å²) in [7, 11) is 0. The Morgan fingerprint density at radius 1 is 0.857 bits per heavy atom. The van der Waals surface area contributed by atoms with Gasteiger partial charge in [-0.25, -0.2) is 0 Å². The summed E-state index contributed by atoms with van der Waals surface area (Å²) in [4.78, 5) is 29.3. The zero-order chi connectivity index (χ0) is 19.1. The van der Waals surface area contributed by atoms with Crippen LogP contribution >= 0.6 is 0 Å². The highest BCUT2D eigenvalue weighted by atomic mass is 16.3. The minimum atomic E-state index is -0.100. The third kappa shape index (κ3) is 3.07. The fourth-order valence-corrected chi connectivity index (χ4v) is 4.14. The second-order valence-corrected chi connectivity index (χ2v) is 7.63. The van der Waals surface area contributed by atoms with Crippen LogP contribution in [0.1, 0.15) is 28.5 Å². The standard InChI is InChI=1S/C23H22N2O3/c26-22(19-15-18(19)16-6-2-1-3-7-16)24-10-12-25(13-11-24)23(27)21-14-17-8-4-5-9-20(17)28-21/h1-9,14,18-19H,10-13,15H2/t18-,19-/m0/s1. The van der Waals surface area contributed by atoms with Crippen molar-refractivity contribution in [3.63, 3.8) is 0 Å². The van der Waals surface area contributed by atoms with Gasteiger partial charge in [0, 0.05) is 37.5 Å². The van der Waals surface area contributed by atoms with Crippen molar-refractivity contribution in [2.24, 2.45) is 5.92 Å². The molecule has 2 fully saturated rings. The van der Waals surface area contributed by atoms with Crippen molar-refractivity contribution < 1.29 is 14.0 Å². The lowest BCUT2D eigenvalue weighted by Crippen LogP contribution is -2.51. The fraction of sp³-hybridized carbons (Fsp3) is 0.304. The molecule has 2 atom stereocenters. The molecule has 5 heteroatoms. The number of carbonyl (C=O) groups excluding carboxylic acids is 2. The monoisotopic (exact) mass is 374 g/mol. The third-order valence-electron chi connectivity index (χ3n) is 5.85. The first-order chi connectivity index (χ1) is 13.7. The van der Waals surface area contributed by atoms with Crippen molar-refractivity contribution >= 4 is 22.8 Å². The van der Waals surface area contributed by atoms with E-state index in [0.717, 1.165) is 17.4 Å². The molecule has 2 aliphatic rings. The van der Waals surface area contributed by atoms with E-state index in [1.54, 1.807) is 11.0 Å². The van der Waals surface area contributed by atoms with E-state index in [1.165, 1.54) is 5.56 Å². The van der Waals surface area contributed by atoms with Gasteiger partial charge >= 0.3 is 0 Å². The van der Waals surface area contributed by atoms with E-state index in [4.69, 9.17) is 4.42 Å². The molecule has 0 spiro atoms. The van der Waals surface area contributed by atoms with Crippen LogP contribution in [0.4, 0.5) is 0 Å². The van der Waals surface area contributed by atoms with E-state index < -0.39 is 0 Å². The van der Waals surface area contributed by atoms with E-state index in [-0.39, 0.29) is 17.7 Å². The summed E-state index contributed by atoms with van der Waals surface area (Å²) < 4.78 is 5.70. The van der Waals surface area contributed by atoms with Crippen LogP contribution in [0.15, 0.2) is 65.1 Å². The molecule has 0 unspecified atom stereocenters. The summed E-state index contributed by atoms with van der Waals surface area (Å²) in [6.45, 7) is 2.26. The second kappa shape index (κ2) is 6.82. The van der Waals surface area contributed by atoms with Gasteiger partial charge in [-0.2, -0.15) is 0 Å². The molecule has 2 amide bonds. The van der Waals surface area contributed by atoms with Gasteiger partial charge in [0.1, 0.15) is 5.58 Å². The summed E-state index contributed by atoms with van der Waals surface area (Å²) >= 11 is 0. The number of fused-ring (bicyclic) bond motifs is 1. The number of hydrogen-bond acceptors (Lipinski definition) is 3. The third-order valence-corrected chi connectivity index (χ3v) is 5.85. The Morgan fingerprint density at radius 3 is 2.29 bits per heavy atom. The quantitative estimate of drug-likeness (QED) is 0.705. The summed E-state index contributed by atoms with van der Waals surface area (Å²) in [6.07, 6.45) is 0.932. The van der Waals surface area contributed by atoms with Crippen molar-refractivity contribution in [1.29, 1.82) is 0 Å². The molecule has 2 aromatic carbocycles. The summed E-state index contributed by atoms with van der Waals surface area (Å²) in [5.41, 5.74) is 1.97. The number of benzene rings is 2. The molecule has 0 radical (unpaired) electrons.